The van der Waals surface area contributed by atoms with Crippen molar-refractivity contribution in [1.82, 2.24) is 0 Å². The van der Waals surface area contributed by atoms with E-state index < -0.39 is 0 Å². The van der Waals surface area contributed by atoms with Gasteiger partial charge in [-0.05, 0) is 38.1 Å². The first-order chi connectivity index (χ1) is 5.24. The highest BCUT2D eigenvalue weighted by molar-refractivity contribution is 8.93. The van der Waals surface area contributed by atoms with Crippen LogP contribution in [0.3, 0.4) is 0 Å². The Balaban J connectivity index is 0. The topological polar surface area (TPSA) is 75.9 Å². The Morgan fingerprint density at radius 2 is 1.62 bits per heavy atom. The average Bonchev–Trinajstić information content (AvgIpc) is 2.05. The van der Waals surface area contributed by atoms with Crippen molar-refractivity contribution in [2.75, 3.05) is 6.54 Å². The van der Waals surface area contributed by atoms with Crippen molar-refractivity contribution in [2.45, 2.75) is 25.7 Å². The van der Waals surface area contributed by atoms with Gasteiger partial charge in [0.2, 0.25) is 0 Å². The second kappa shape index (κ2) is 7.76. The predicted molar refractivity (Wildman–Crippen MR) is 67.1 cm³/mol. The van der Waals surface area contributed by atoms with E-state index in [9.17, 15) is 0 Å². The maximum Gasteiger partial charge on any atom is 0.0936 e. The number of amidine groups is 1. The molecule has 0 aromatic carbocycles. The summed E-state index contributed by atoms with van der Waals surface area (Å²) in [5, 5.41) is 7.26. The zero-order chi connectivity index (χ0) is 8.27. The quantitative estimate of drug-likeness (QED) is 0.537. The highest BCUT2D eigenvalue weighted by Gasteiger charge is 2.21. The van der Waals surface area contributed by atoms with Gasteiger partial charge in [0.25, 0.3) is 0 Å². The molecule has 3 nitrogen and oxygen atoms in total. The molecule has 0 amide bonds. The summed E-state index contributed by atoms with van der Waals surface area (Å²) in [6, 6.07) is 0. The first kappa shape index (κ1) is 15.8. The molecule has 0 spiro atoms. The number of nitrogens with one attached hydrogen (secondary N) is 1. The van der Waals surface area contributed by atoms with Crippen LogP contribution in [0.25, 0.3) is 0 Å². The Morgan fingerprint density at radius 3 is 1.92 bits per heavy atom. The maximum absolute atomic E-state index is 7.26. The van der Waals surface area contributed by atoms with Gasteiger partial charge in [0.15, 0.2) is 0 Å². The van der Waals surface area contributed by atoms with Crippen molar-refractivity contribution in [3.8, 4) is 0 Å². The van der Waals surface area contributed by atoms with Crippen LogP contribution >= 0.6 is 34.0 Å². The van der Waals surface area contributed by atoms with E-state index in [0.29, 0.717) is 17.7 Å². The van der Waals surface area contributed by atoms with Crippen molar-refractivity contribution < 1.29 is 0 Å². The summed E-state index contributed by atoms with van der Waals surface area (Å²) in [4.78, 5) is 0. The van der Waals surface area contributed by atoms with Crippen molar-refractivity contribution in [3.63, 3.8) is 0 Å². The smallest absolute Gasteiger partial charge is 0.0936 e. The van der Waals surface area contributed by atoms with Crippen molar-refractivity contribution >= 4 is 39.8 Å². The molecule has 0 unspecified atom stereocenters. The third kappa shape index (κ3) is 4.98. The molecule has 1 aliphatic rings. The van der Waals surface area contributed by atoms with E-state index in [1.165, 1.54) is 0 Å². The van der Waals surface area contributed by atoms with E-state index in [-0.39, 0.29) is 34.0 Å². The fourth-order valence-corrected chi connectivity index (χ4v) is 1.71. The Hall–Kier alpha value is 0.390. The zero-order valence-corrected chi connectivity index (χ0v) is 11.1. The SMILES string of the molecule is Br.Br.N=C(N)[C@H]1CC[C@H](CN)CC1. The molecule has 13 heavy (non-hydrogen) atoms. The summed E-state index contributed by atoms with van der Waals surface area (Å²) in [5.74, 6) is 1.39. The Bertz CT molecular complexity index is 144. The molecule has 1 rings (SSSR count). The summed E-state index contributed by atoms with van der Waals surface area (Å²) < 4.78 is 0. The minimum absolute atomic E-state index is 0. The molecule has 5 N–H and O–H groups in total. The molecule has 0 bridgehead atoms. The molecular formula is C8H19Br2N3. The largest absolute Gasteiger partial charge is 0.387 e. The first-order valence-corrected chi connectivity index (χ1v) is 4.28. The lowest BCUT2D eigenvalue weighted by Crippen LogP contribution is -2.29. The molecule has 1 fully saturated rings. The van der Waals surface area contributed by atoms with Crippen molar-refractivity contribution in [2.24, 2.45) is 23.3 Å². The van der Waals surface area contributed by atoms with E-state index in [2.05, 4.69) is 0 Å². The molecule has 1 aliphatic carbocycles. The molecule has 0 radical (unpaired) electrons. The highest BCUT2D eigenvalue weighted by Crippen LogP contribution is 2.27. The lowest BCUT2D eigenvalue weighted by Gasteiger charge is -2.26. The maximum atomic E-state index is 7.26. The van der Waals surface area contributed by atoms with Crippen LogP contribution in [-0.4, -0.2) is 12.4 Å². The van der Waals surface area contributed by atoms with E-state index in [4.69, 9.17) is 16.9 Å². The van der Waals surface area contributed by atoms with Gasteiger partial charge in [0, 0.05) is 5.92 Å². The summed E-state index contributed by atoms with van der Waals surface area (Å²) >= 11 is 0. The lowest BCUT2D eigenvalue weighted by atomic mass is 9.81. The number of nitrogens with two attached hydrogens (primary N) is 2. The normalized spacial score (nSPS) is 26.8. The monoisotopic (exact) mass is 315 g/mol. The minimum atomic E-state index is 0. The van der Waals surface area contributed by atoms with Gasteiger partial charge in [0.1, 0.15) is 0 Å². The van der Waals surface area contributed by atoms with Crippen LogP contribution in [0.15, 0.2) is 0 Å². The van der Waals surface area contributed by atoms with Crippen LogP contribution < -0.4 is 11.5 Å². The highest BCUT2D eigenvalue weighted by atomic mass is 79.9. The Morgan fingerprint density at radius 1 is 1.15 bits per heavy atom. The third-order valence-corrected chi connectivity index (χ3v) is 2.62. The van der Waals surface area contributed by atoms with Crippen molar-refractivity contribution in [1.29, 1.82) is 5.41 Å². The number of rotatable bonds is 2. The number of halogens is 2. The molecule has 5 heteroatoms. The molecule has 0 heterocycles. The van der Waals surface area contributed by atoms with Crippen LogP contribution in [0.2, 0.25) is 0 Å². The first-order valence-electron chi connectivity index (χ1n) is 4.28. The average molecular weight is 317 g/mol. The van der Waals surface area contributed by atoms with Gasteiger partial charge in [-0.2, -0.15) is 0 Å². The van der Waals surface area contributed by atoms with Gasteiger partial charge in [0.05, 0.1) is 5.84 Å². The fraction of sp³-hybridized carbons (Fsp3) is 0.875. The summed E-state index contributed by atoms with van der Waals surface area (Å²) in [7, 11) is 0. The van der Waals surface area contributed by atoms with Gasteiger partial charge in [-0.25, -0.2) is 0 Å². The van der Waals surface area contributed by atoms with E-state index in [0.717, 1.165) is 32.2 Å². The summed E-state index contributed by atoms with van der Waals surface area (Å²) in [6.45, 7) is 0.796. The predicted octanol–water partition coefficient (Wildman–Crippen LogP) is 1.84. The van der Waals surface area contributed by atoms with Crippen LogP contribution in [0.4, 0.5) is 0 Å². The number of hydrogen-bond acceptors (Lipinski definition) is 2. The Labute approximate surface area is 101 Å². The molecular weight excluding hydrogens is 298 g/mol. The van der Waals surface area contributed by atoms with Gasteiger partial charge < -0.3 is 11.5 Å². The molecule has 0 aliphatic heterocycles. The van der Waals surface area contributed by atoms with Crippen LogP contribution in [0.5, 0.6) is 0 Å². The van der Waals surface area contributed by atoms with Crippen LogP contribution in [0, 0.1) is 17.2 Å². The summed E-state index contributed by atoms with van der Waals surface area (Å²) in [6.07, 6.45) is 4.44. The molecule has 0 saturated heterocycles. The minimum Gasteiger partial charge on any atom is -0.387 e. The van der Waals surface area contributed by atoms with Gasteiger partial charge in [-0.15, -0.1) is 34.0 Å². The molecule has 1 saturated carbocycles. The summed E-state index contributed by atoms with van der Waals surface area (Å²) in [5.41, 5.74) is 10.9. The molecule has 0 atom stereocenters. The third-order valence-electron chi connectivity index (χ3n) is 2.62. The van der Waals surface area contributed by atoms with Crippen molar-refractivity contribution in [3.05, 3.63) is 0 Å². The van der Waals surface area contributed by atoms with Gasteiger partial charge in [-0.3, -0.25) is 5.41 Å². The van der Waals surface area contributed by atoms with E-state index in [1.807, 2.05) is 0 Å². The second-order valence-corrected chi connectivity index (χ2v) is 3.41. The van der Waals surface area contributed by atoms with Gasteiger partial charge >= 0.3 is 0 Å². The fourth-order valence-electron chi connectivity index (χ4n) is 1.71. The van der Waals surface area contributed by atoms with Gasteiger partial charge in [-0.1, -0.05) is 0 Å². The Kier molecular flexibility index (Phi) is 9.46. The lowest BCUT2D eigenvalue weighted by molar-refractivity contribution is 0.327. The molecule has 0 aromatic rings. The van der Waals surface area contributed by atoms with Crippen LogP contribution in [-0.2, 0) is 0 Å². The standard InChI is InChI=1S/C8H17N3.2BrH/c9-5-6-1-3-7(4-2-6)8(10)11;;/h6-7H,1-5,9H2,(H3,10,11);2*1H/t6-,7-;;. The zero-order valence-electron chi connectivity index (χ0n) is 7.66. The van der Waals surface area contributed by atoms with E-state index >= 15 is 0 Å². The van der Waals surface area contributed by atoms with E-state index in [1.54, 1.807) is 0 Å². The molecule has 80 valence electrons. The second-order valence-electron chi connectivity index (χ2n) is 3.41. The number of hydrogen-bond donors (Lipinski definition) is 3. The van der Waals surface area contributed by atoms with Crippen LogP contribution in [0.1, 0.15) is 25.7 Å². The molecule has 0 aromatic heterocycles.